The fourth-order valence-corrected chi connectivity index (χ4v) is 8.12. The van der Waals surface area contributed by atoms with E-state index in [1.165, 1.54) is 4.90 Å². The third-order valence-electron chi connectivity index (χ3n) is 6.55. The summed E-state index contributed by atoms with van der Waals surface area (Å²) >= 11 is 6.58. The lowest BCUT2D eigenvalue weighted by Crippen LogP contribution is -2.48. The molecule has 3 atom stereocenters. The SMILES string of the molecule is CCn1c(N2CC(C)OC(C)C2)c(/C=C2/SC(=S)N(C3CCS(=O)(=O)C3)C2=O)c(C)c(C#N)c1=O. The highest BCUT2D eigenvalue weighted by Gasteiger charge is 2.42. The summed E-state index contributed by atoms with van der Waals surface area (Å²) in [5.74, 6) is 0.241. The van der Waals surface area contributed by atoms with Crippen molar-refractivity contribution in [2.24, 2.45) is 0 Å². The van der Waals surface area contributed by atoms with Gasteiger partial charge in [0.1, 0.15) is 21.8 Å². The molecule has 3 unspecified atom stereocenters. The van der Waals surface area contributed by atoms with Crippen LogP contribution in [0.4, 0.5) is 5.82 Å². The van der Waals surface area contributed by atoms with E-state index in [1.54, 1.807) is 17.6 Å². The van der Waals surface area contributed by atoms with Gasteiger partial charge in [0.05, 0.1) is 34.7 Å². The number of nitrogens with zero attached hydrogens (tertiary/aromatic N) is 4. The maximum Gasteiger partial charge on any atom is 0.270 e. The standard InChI is InChI=1S/C23H28N4O5S3/c1-5-26-20(25-10-13(2)32-14(3)11-25)17(15(4)18(9-24)21(26)28)8-19-22(29)27(23(33)34-19)16-6-7-35(30,31)12-16/h8,13-14,16H,5-7,10-12H2,1-4H3/b19-8+. The number of hydrogen-bond donors (Lipinski definition) is 0. The van der Waals surface area contributed by atoms with Gasteiger partial charge in [-0.3, -0.25) is 19.1 Å². The molecule has 3 saturated heterocycles. The molecule has 1 aromatic heterocycles. The molecular formula is C23H28N4O5S3. The Morgan fingerprint density at radius 2 is 1.91 bits per heavy atom. The van der Waals surface area contributed by atoms with Gasteiger partial charge in [0.2, 0.25) is 0 Å². The highest BCUT2D eigenvalue weighted by atomic mass is 32.2. The smallest absolute Gasteiger partial charge is 0.270 e. The second kappa shape index (κ2) is 9.69. The van der Waals surface area contributed by atoms with Gasteiger partial charge in [0.15, 0.2) is 9.84 Å². The number of hydrogen-bond acceptors (Lipinski definition) is 9. The first kappa shape index (κ1) is 25.9. The molecule has 188 valence electrons. The van der Waals surface area contributed by atoms with Gasteiger partial charge in [-0.1, -0.05) is 24.0 Å². The van der Waals surface area contributed by atoms with E-state index >= 15 is 0 Å². The van der Waals surface area contributed by atoms with Crippen molar-refractivity contribution in [1.82, 2.24) is 9.47 Å². The fraction of sp³-hybridized carbons (Fsp3) is 0.565. The van der Waals surface area contributed by atoms with Crippen LogP contribution in [-0.2, 0) is 25.9 Å². The Kier molecular flexibility index (Phi) is 7.16. The van der Waals surface area contributed by atoms with Crippen LogP contribution in [0.1, 0.15) is 43.9 Å². The molecule has 1 aromatic rings. The van der Waals surface area contributed by atoms with E-state index < -0.39 is 15.9 Å². The molecule has 0 aromatic carbocycles. The predicted molar refractivity (Wildman–Crippen MR) is 140 cm³/mol. The Morgan fingerprint density at radius 1 is 1.26 bits per heavy atom. The quantitative estimate of drug-likeness (QED) is 0.421. The predicted octanol–water partition coefficient (Wildman–Crippen LogP) is 2.05. The van der Waals surface area contributed by atoms with Crippen LogP contribution in [0, 0.1) is 18.3 Å². The van der Waals surface area contributed by atoms with Gasteiger partial charge in [-0.2, -0.15) is 5.26 Å². The number of rotatable bonds is 4. The van der Waals surface area contributed by atoms with Gasteiger partial charge in [-0.15, -0.1) is 0 Å². The summed E-state index contributed by atoms with van der Waals surface area (Å²) in [6, 6.07) is 1.56. The molecule has 9 nitrogen and oxygen atoms in total. The van der Waals surface area contributed by atoms with Gasteiger partial charge in [0.25, 0.3) is 11.5 Å². The van der Waals surface area contributed by atoms with Crippen LogP contribution in [0.25, 0.3) is 6.08 Å². The minimum absolute atomic E-state index is 0.0357. The summed E-state index contributed by atoms with van der Waals surface area (Å²) in [5, 5.41) is 9.74. The first-order valence-electron chi connectivity index (χ1n) is 11.5. The van der Waals surface area contributed by atoms with Gasteiger partial charge >= 0.3 is 0 Å². The average Bonchev–Trinajstić information content (AvgIpc) is 3.26. The maximum atomic E-state index is 13.4. The summed E-state index contributed by atoms with van der Waals surface area (Å²) in [7, 11) is -3.19. The molecule has 0 N–H and O–H groups in total. The van der Waals surface area contributed by atoms with Gasteiger partial charge in [-0.05, 0) is 45.8 Å². The van der Waals surface area contributed by atoms with Crippen LogP contribution >= 0.6 is 24.0 Å². The maximum absolute atomic E-state index is 13.4. The zero-order chi connectivity index (χ0) is 25.7. The van der Waals surface area contributed by atoms with E-state index in [9.17, 15) is 23.3 Å². The average molecular weight is 537 g/mol. The highest BCUT2D eigenvalue weighted by molar-refractivity contribution is 8.26. The first-order chi connectivity index (χ1) is 16.5. The van der Waals surface area contributed by atoms with Crippen molar-refractivity contribution >= 4 is 55.9 Å². The molecular weight excluding hydrogens is 508 g/mol. The minimum atomic E-state index is -3.19. The number of nitriles is 1. The van der Waals surface area contributed by atoms with Gasteiger partial charge in [-0.25, -0.2) is 8.42 Å². The summed E-state index contributed by atoms with van der Waals surface area (Å²) in [5.41, 5.74) is 0.783. The summed E-state index contributed by atoms with van der Waals surface area (Å²) in [4.78, 5) is 30.4. The lowest BCUT2D eigenvalue weighted by molar-refractivity contribution is -0.123. The van der Waals surface area contributed by atoms with Crippen molar-refractivity contribution in [2.45, 2.75) is 58.9 Å². The number of carbonyl (C=O) groups excluding carboxylic acids is 1. The number of amides is 1. The summed E-state index contributed by atoms with van der Waals surface area (Å²) in [6.07, 6.45) is 1.93. The topological polar surface area (TPSA) is 113 Å². The number of anilines is 1. The van der Waals surface area contributed by atoms with Gasteiger partial charge in [0, 0.05) is 25.2 Å². The zero-order valence-corrected chi connectivity index (χ0v) is 22.6. The number of carbonyl (C=O) groups is 1. The first-order valence-corrected chi connectivity index (χ1v) is 14.6. The zero-order valence-electron chi connectivity index (χ0n) is 20.1. The lowest BCUT2D eigenvalue weighted by atomic mass is 10.0. The molecule has 0 saturated carbocycles. The third kappa shape index (κ3) is 4.79. The lowest BCUT2D eigenvalue weighted by Gasteiger charge is -2.39. The summed E-state index contributed by atoms with van der Waals surface area (Å²) < 4.78 is 31.8. The van der Waals surface area contributed by atoms with Crippen molar-refractivity contribution in [1.29, 1.82) is 5.26 Å². The Hall–Kier alpha value is -2.20. The van der Waals surface area contributed by atoms with Crippen LogP contribution < -0.4 is 10.5 Å². The normalized spacial score (nSPS) is 27.6. The number of thiocarbonyl (C=S) groups is 1. The van der Waals surface area contributed by atoms with Crippen molar-refractivity contribution in [3.05, 3.63) is 31.9 Å². The molecule has 4 heterocycles. The van der Waals surface area contributed by atoms with E-state index in [1.807, 2.05) is 26.8 Å². The molecule has 1 amide bonds. The molecule has 0 bridgehead atoms. The van der Waals surface area contributed by atoms with Crippen LogP contribution in [-0.4, -0.2) is 71.0 Å². The van der Waals surface area contributed by atoms with Crippen LogP contribution in [0.5, 0.6) is 0 Å². The van der Waals surface area contributed by atoms with E-state index in [4.69, 9.17) is 17.0 Å². The molecule has 3 aliphatic heterocycles. The molecule has 12 heteroatoms. The Labute approximate surface area is 214 Å². The largest absolute Gasteiger partial charge is 0.372 e. The van der Waals surface area contributed by atoms with Crippen LogP contribution in [0.2, 0.25) is 0 Å². The second-order valence-corrected chi connectivity index (χ2v) is 13.1. The van der Waals surface area contributed by atoms with E-state index in [2.05, 4.69) is 4.90 Å². The highest BCUT2D eigenvalue weighted by Crippen LogP contribution is 2.38. The molecule has 3 aliphatic rings. The number of aromatic nitrogens is 1. The molecule has 0 spiro atoms. The number of ether oxygens (including phenoxy) is 1. The second-order valence-electron chi connectivity index (χ2n) is 9.17. The van der Waals surface area contributed by atoms with Crippen molar-refractivity contribution in [3.63, 3.8) is 0 Å². The van der Waals surface area contributed by atoms with Crippen molar-refractivity contribution < 1.29 is 17.9 Å². The molecule has 3 fully saturated rings. The van der Waals surface area contributed by atoms with Crippen molar-refractivity contribution in [2.75, 3.05) is 29.5 Å². The molecule has 35 heavy (non-hydrogen) atoms. The van der Waals surface area contributed by atoms with Crippen LogP contribution in [0.3, 0.4) is 0 Å². The Morgan fingerprint density at radius 3 is 2.46 bits per heavy atom. The Balaban J connectivity index is 1.85. The Bertz CT molecular complexity index is 1320. The monoisotopic (exact) mass is 536 g/mol. The van der Waals surface area contributed by atoms with E-state index in [0.29, 0.717) is 52.2 Å². The summed E-state index contributed by atoms with van der Waals surface area (Å²) in [6.45, 7) is 8.95. The van der Waals surface area contributed by atoms with Crippen molar-refractivity contribution in [3.8, 4) is 6.07 Å². The minimum Gasteiger partial charge on any atom is -0.372 e. The molecule has 0 aliphatic carbocycles. The van der Waals surface area contributed by atoms with E-state index in [-0.39, 0.29) is 40.7 Å². The number of pyridine rings is 1. The number of thioether (sulfide) groups is 1. The third-order valence-corrected chi connectivity index (χ3v) is 9.64. The number of sulfone groups is 1. The van der Waals surface area contributed by atoms with Gasteiger partial charge < -0.3 is 9.64 Å². The van der Waals surface area contributed by atoms with Crippen LogP contribution in [0.15, 0.2) is 9.70 Å². The molecule has 4 rings (SSSR count). The fourth-order valence-electron chi connectivity index (χ4n) is 5.03. The number of morpholine rings is 1. The van der Waals surface area contributed by atoms with E-state index in [0.717, 1.165) is 11.8 Å². The molecule has 0 radical (unpaired) electrons.